The number of nitrogen functional groups attached to an aromatic ring is 1. The Labute approximate surface area is 94.8 Å². The Bertz CT molecular complexity index is 420. The first-order valence-corrected chi connectivity index (χ1v) is 6.17. The van der Waals surface area contributed by atoms with Crippen LogP contribution in [0.2, 0.25) is 5.02 Å². The number of hydrogen-bond donors (Lipinski definition) is 2. The largest absolute Gasteiger partial charge is 0.397 e. The molecule has 1 aromatic rings. The van der Waals surface area contributed by atoms with Crippen molar-refractivity contribution >= 4 is 27.4 Å². The molecule has 6 heteroatoms. The van der Waals surface area contributed by atoms with Crippen molar-refractivity contribution < 1.29 is 13.0 Å². The van der Waals surface area contributed by atoms with Gasteiger partial charge in [-0.25, -0.2) is 0 Å². The standard InChI is InChI=1S/C7H8ClNO3S.C2H6/c1-4-2-5(13(10,11)12)3-6(8)7(4)9;1-2/h2-3H,9H2,1H3,(H,10,11,12);1-2H3. The molecule has 0 radical (unpaired) electrons. The fourth-order valence-corrected chi connectivity index (χ4v) is 1.80. The van der Waals surface area contributed by atoms with Gasteiger partial charge in [0.05, 0.1) is 15.6 Å². The summed E-state index contributed by atoms with van der Waals surface area (Å²) in [4.78, 5) is -0.246. The van der Waals surface area contributed by atoms with Crippen molar-refractivity contribution in [3.05, 3.63) is 22.7 Å². The summed E-state index contributed by atoms with van der Waals surface area (Å²) in [5.74, 6) is 0. The Kier molecular flexibility index (Phi) is 5.07. The zero-order valence-electron chi connectivity index (χ0n) is 8.78. The Morgan fingerprint density at radius 1 is 1.33 bits per heavy atom. The van der Waals surface area contributed by atoms with Gasteiger partial charge in [0.2, 0.25) is 0 Å². The van der Waals surface area contributed by atoms with Gasteiger partial charge in [-0.1, -0.05) is 25.4 Å². The number of benzene rings is 1. The van der Waals surface area contributed by atoms with Crippen molar-refractivity contribution in [3.63, 3.8) is 0 Å². The second-order valence-electron chi connectivity index (χ2n) is 2.61. The minimum absolute atomic E-state index is 0.118. The van der Waals surface area contributed by atoms with Gasteiger partial charge in [0.1, 0.15) is 0 Å². The predicted octanol–water partition coefficient (Wildman–Crippen LogP) is 2.50. The van der Waals surface area contributed by atoms with Crippen molar-refractivity contribution in [2.24, 2.45) is 0 Å². The lowest BCUT2D eigenvalue weighted by Crippen LogP contribution is -2.00. The van der Waals surface area contributed by atoms with Crippen LogP contribution in [-0.2, 0) is 10.1 Å². The van der Waals surface area contributed by atoms with Crippen LogP contribution >= 0.6 is 11.6 Å². The quantitative estimate of drug-likeness (QED) is 0.594. The van der Waals surface area contributed by atoms with Gasteiger partial charge in [-0.05, 0) is 24.6 Å². The summed E-state index contributed by atoms with van der Waals surface area (Å²) in [6.45, 7) is 5.61. The third-order valence-electron chi connectivity index (χ3n) is 1.61. The second-order valence-corrected chi connectivity index (χ2v) is 4.44. The van der Waals surface area contributed by atoms with E-state index in [1.54, 1.807) is 6.92 Å². The Morgan fingerprint density at radius 3 is 2.13 bits per heavy atom. The summed E-state index contributed by atoms with van der Waals surface area (Å²) in [6.07, 6.45) is 0. The molecule has 0 aliphatic rings. The van der Waals surface area contributed by atoms with E-state index in [1.165, 1.54) is 6.07 Å². The van der Waals surface area contributed by atoms with E-state index in [9.17, 15) is 8.42 Å². The van der Waals surface area contributed by atoms with Gasteiger partial charge in [-0.3, -0.25) is 4.55 Å². The van der Waals surface area contributed by atoms with Crippen LogP contribution in [0.25, 0.3) is 0 Å². The normalized spacial score (nSPS) is 10.5. The molecule has 4 nitrogen and oxygen atoms in total. The Morgan fingerprint density at radius 2 is 1.80 bits per heavy atom. The molecule has 15 heavy (non-hydrogen) atoms. The Hall–Kier alpha value is -0.780. The molecule has 0 heterocycles. The molecule has 0 unspecified atom stereocenters. The summed E-state index contributed by atoms with van der Waals surface area (Å²) in [6, 6.07) is 2.37. The number of nitrogens with two attached hydrogens (primary N) is 1. The first kappa shape index (κ1) is 14.2. The number of aryl methyl sites for hydroxylation is 1. The molecule has 0 saturated heterocycles. The van der Waals surface area contributed by atoms with Gasteiger partial charge in [-0.15, -0.1) is 0 Å². The summed E-state index contributed by atoms with van der Waals surface area (Å²) in [5.41, 5.74) is 6.31. The van der Waals surface area contributed by atoms with E-state index >= 15 is 0 Å². The van der Waals surface area contributed by atoms with E-state index < -0.39 is 10.1 Å². The minimum Gasteiger partial charge on any atom is -0.397 e. The van der Waals surface area contributed by atoms with Gasteiger partial charge < -0.3 is 5.73 Å². The molecule has 1 aromatic carbocycles. The third-order valence-corrected chi connectivity index (χ3v) is 2.75. The highest BCUT2D eigenvalue weighted by molar-refractivity contribution is 7.85. The Balaban J connectivity index is 0.000000921. The summed E-state index contributed by atoms with van der Waals surface area (Å²) in [7, 11) is -4.20. The molecule has 0 atom stereocenters. The lowest BCUT2D eigenvalue weighted by molar-refractivity contribution is 0.483. The minimum atomic E-state index is -4.20. The molecule has 0 aliphatic carbocycles. The SMILES string of the molecule is CC.Cc1cc(S(=O)(=O)O)cc(Cl)c1N. The highest BCUT2D eigenvalue weighted by atomic mass is 35.5. The van der Waals surface area contributed by atoms with Gasteiger partial charge in [-0.2, -0.15) is 8.42 Å². The van der Waals surface area contributed by atoms with Crippen LogP contribution < -0.4 is 5.73 Å². The van der Waals surface area contributed by atoms with Gasteiger partial charge in [0.15, 0.2) is 0 Å². The molecular formula is C9H14ClNO3S. The molecule has 0 spiro atoms. The van der Waals surface area contributed by atoms with Crippen LogP contribution in [-0.4, -0.2) is 13.0 Å². The van der Waals surface area contributed by atoms with Gasteiger partial charge >= 0.3 is 0 Å². The average Bonchev–Trinajstić information content (AvgIpc) is 2.15. The zero-order chi connectivity index (χ0) is 12.2. The number of hydrogen-bond acceptors (Lipinski definition) is 3. The number of halogens is 1. The van der Waals surface area contributed by atoms with Gasteiger partial charge in [0, 0.05) is 0 Å². The van der Waals surface area contributed by atoms with E-state index in [0.29, 0.717) is 11.3 Å². The van der Waals surface area contributed by atoms with E-state index in [1.807, 2.05) is 13.8 Å². The molecule has 0 bridgehead atoms. The molecule has 1 rings (SSSR count). The number of anilines is 1. The predicted molar refractivity (Wildman–Crippen MR) is 61.8 cm³/mol. The second kappa shape index (κ2) is 5.34. The van der Waals surface area contributed by atoms with E-state index in [4.69, 9.17) is 21.9 Å². The fraction of sp³-hybridized carbons (Fsp3) is 0.333. The van der Waals surface area contributed by atoms with Crippen LogP contribution in [0.15, 0.2) is 17.0 Å². The van der Waals surface area contributed by atoms with Crippen LogP contribution in [0.4, 0.5) is 5.69 Å². The monoisotopic (exact) mass is 251 g/mol. The number of rotatable bonds is 1. The van der Waals surface area contributed by atoms with Crippen LogP contribution in [0.5, 0.6) is 0 Å². The van der Waals surface area contributed by atoms with Crippen LogP contribution in [0.3, 0.4) is 0 Å². The van der Waals surface area contributed by atoms with E-state index in [0.717, 1.165) is 6.07 Å². The van der Waals surface area contributed by atoms with Crippen molar-refractivity contribution in [3.8, 4) is 0 Å². The van der Waals surface area contributed by atoms with Crippen LogP contribution in [0, 0.1) is 6.92 Å². The lowest BCUT2D eigenvalue weighted by Gasteiger charge is -2.04. The smallest absolute Gasteiger partial charge is 0.294 e. The van der Waals surface area contributed by atoms with Crippen molar-refractivity contribution in [1.29, 1.82) is 0 Å². The van der Waals surface area contributed by atoms with Gasteiger partial charge in [0.25, 0.3) is 10.1 Å². The highest BCUT2D eigenvalue weighted by Crippen LogP contribution is 2.26. The third kappa shape index (κ3) is 3.70. The maximum absolute atomic E-state index is 10.7. The topological polar surface area (TPSA) is 80.4 Å². The van der Waals surface area contributed by atoms with E-state index in [2.05, 4.69) is 0 Å². The molecule has 86 valence electrons. The summed E-state index contributed by atoms with van der Waals surface area (Å²) in [5, 5.41) is 0.118. The fourth-order valence-electron chi connectivity index (χ4n) is 0.873. The maximum atomic E-state index is 10.7. The lowest BCUT2D eigenvalue weighted by atomic mass is 10.2. The summed E-state index contributed by atoms with van der Waals surface area (Å²) < 4.78 is 30.1. The molecule has 0 aromatic heterocycles. The maximum Gasteiger partial charge on any atom is 0.294 e. The molecule has 0 fully saturated rings. The van der Waals surface area contributed by atoms with Crippen LogP contribution in [0.1, 0.15) is 19.4 Å². The molecule has 0 amide bonds. The van der Waals surface area contributed by atoms with Crippen molar-refractivity contribution in [2.45, 2.75) is 25.7 Å². The molecule has 0 aliphatic heterocycles. The van der Waals surface area contributed by atoms with E-state index in [-0.39, 0.29) is 9.92 Å². The van der Waals surface area contributed by atoms with Crippen molar-refractivity contribution in [2.75, 3.05) is 5.73 Å². The average molecular weight is 252 g/mol. The summed E-state index contributed by atoms with van der Waals surface area (Å²) >= 11 is 5.62. The molecular weight excluding hydrogens is 238 g/mol. The molecule has 0 saturated carbocycles. The first-order valence-electron chi connectivity index (χ1n) is 4.35. The molecule has 3 N–H and O–H groups in total. The van der Waals surface area contributed by atoms with Crippen molar-refractivity contribution in [1.82, 2.24) is 0 Å². The highest BCUT2D eigenvalue weighted by Gasteiger charge is 2.12. The first-order chi connectivity index (χ1) is 6.82. The zero-order valence-corrected chi connectivity index (χ0v) is 10.4.